The maximum atomic E-state index is 12.9. The van der Waals surface area contributed by atoms with Crippen LogP contribution in [0.2, 0.25) is 0 Å². The molecule has 0 aliphatic carbocycles. The molecule has 1 unspecified atom stereocenters. The van der Waals surface area contributed by atoms with E-state index in [2.05, 4.69) is 34.2 Å². The van der Waals surface area contributed by atoms with Crippen molar-refractivity contribution >= 4 is 54.3 Å². The first-order chi connectivity index (χ1) is 26.0. The van der Waals surface area contributed by atoms with Gasteiger partial charge in [0.1, 0.15) is 6.67 Å². The number of hydrogen-bond donors (Lipinski definition) is 0. The van der Waals surface area contributed by atoms with Gasteiger partial charge in [-0.2, -0.15) is 99.9 Å². The summed E-state index contributed by atoms with van der Waals surface area (Å²) in [6.45, 7) is 4.82. The molecule has 1 aliphatic heterocycles. The van der Waals surface area contributed by atoms with Crippen LogP contribution in [-0.2, 0) is 54.5 Å². The summed E-state index contributed by atoms with van der Waals surface area (Å²) in [6, 6.07) is -7.63. The van der Waals surface area contributed by atoms with Gasteiger partial charge in [-0.25, -0.2) is 17.6 Å². The molecule has 0 radical (unpaired) electrons. The molecule has 1 aliphatic rings. The van der Waals surface area contributed by atoms with Gasteiger partial charge >= 0.3 is 127 Å². The molecular weight excluding hydrogens is 1100 g/mol. The smallest absolute Gasteiger partial charge is 0.793 e. The topological polar surface area (TPSA) is 191 Å². The summed E-state index contributed by atoms with van der Waals surface area (Å²) in [5.41, 5.74) is 0. The molecule has 44 heteroatoms. The molecule has 1 heterocycles. The molecule has 0 spiro atoms. The van der Waals surface area contributed by atoms with Gasteiger partial charge in [0.15, 0.2) is 6.86 Å². The van der Waals surface area contributed by atoms with E-state index in [-0.39, 0.29) is 70.1 Å². The Morgan fingerprint density at radius 1 is 0.651 bits per heavy atom. The van der Waals surface area contributed by atoms with Crippen molar-refractivity contribution in [1.82, 2.24) is 0 Å². The molecule has 0 amide bonds. The van der Waals surface area contributed by atoms with Crippen molar-refractivity contribution in [3.63, 3.8) is 0 Å². The molecule has 0 bridgehead atoms. The third-order valence-electron chi connectivity index (χ3n) is 3.21. The Hall–Kier alpha value is -1.45. The second-order valence-electron chi connectivity index (χ2n) is 7.64. The van der Waals surface area contributed by atoms with Crippen LogP contribution < -0.4 is 56.5 Å². The summed E-state index contributed by atoms with van der Waals surface area (Å²) in [4.78, 5) is 18.9. The van der Waals surface area contributed by atoms with Gasteiger partial charge in [-0.3, -0.25) is 19.0 Å². The Labute approximate surface area is 380 Å². The SMILES string of the molecule is C.C1CO1.C=C(F)F.C=C(F)F.F.FCCOCF.FF.O=C(F)C(F)(F)S(=O)(=O)F.O=C(F)C(F)(OC(F)(F)C(F)(F)S(=O)(=O)F)C(F)(F)Cl.O=S(=O)(F)C(F)(F)C([O-])(F)F.[K+]. The summed E-state index contributed by atoms with van der Waals surface area (Å²) < 4.78 is 357. The number of carbonyl (C=O) groups excluding carboxylic acids is 2. The van der Waals surface area contributed by atoms with Crippen molar-refractivity contribution < 1.29 is 223 Å². The van der Waals surface area contributed by atoms with E-state index in [0.29, 0.717) is 0 Å². The van der Waals surface area contributed by atoms with Gasteiger partial charge in [-0.05, 0) is 24.8 Å². The largest absolute Gasteiger partial charge is 1.00 e. The Bertz CT molecular complexity index is 1600. The number of ether oxygens (including phenoxy) is 3. The number of carbonyl (C=O) groups is 2. The van der Waals surface area contributed by atoms with E-state index < -0.39 is 108 Å². The minimum absolute atomic E-state index is 0. The fourth-order valence-electron chi connectivity index (χ4n) is 0.934. The van der Waals surface area contributed by atoms with Crippen molar-refractivity contribution in [3.8, 4) is 0 Å². The van der Waals surface area contributed by atoms with Crippen molar-refractivity contribution in [2.45, 2.75) is 46.6 Å². The minimum atomic E-state index is -7.50. The van der Waals surface area contributed by atoms with Gasteiger partial charge in [0.25, 0.3) is 18.3 Å². The zero-order valence-electron chi connectivity index (χ0n) is 28.2. The number of alkyl halides is 16. The van der Waals surface area contributed by atoms with Crippen LogP contribution in [0.25, 0.3) is 0 Å². The predicted octanol–water partition coefficient (Wildman–Crippen LogP) is 5.03. The third-order valence-corrected chi connectivity index (χ3v) is 5.93. The van der Waals surface area contributed by atoms with Crippen LogP contribution in [0.5, 0.6) is 0 Å². The molecule has 12 nitrogen and oxygen atoms in total. The van der Waals surface area contributed by atoms with Crippen LogP contribution in [0.4, 0.5) is 118 Å². The molecule has 1 fully saturated rings. The van der Waals surface area contributed by atoms with Crippen molar-refractivity contribution in [2.75, 3.05) is 33.4 Å². The van der Waals surface area contributed by atoms with Gasteiger partial charge in [-0.15, -0.1) is 0 Å². The maximum absolute atomic E-state index is 12.9. The van der Waals surface area contributed by atoms with E-state index in [1.165, 1.54) is 0 Å². The fraction of sp³-hybridized carbons (Fsp3) is 0.684. The summed E-state index contributed by atoms with van der Waals surface area (Å²) in [7, 11) is -20.8. The molecule has 0 saturated carbocycles. The van der Waals surface area contributed by atoms with Crippen LogP contribution in [-0.4, -0.2) is 110 Å². The first-order valence-electron chi connectivity index (χ1n) is 11.7. The Balaban J connectivity index is -0.0000000702. The third kappa shape index (κ3) is 37.3. The van der Waals surface area contributed by atoms with Crippen LogP contribution in [0.1, 0.15) is 7.43 Å². The van der Waals surface area contributed by atoms with E-state index in [1.54, 1.807) is 0 Å². The second-order valence-corrected chi connectivity index (χ2v) is 12.3. The monoisotopic (exact) mass is 1120 g/mol. The Morgan fingerprint density at radius 3 is 1.00 bits per heavy atom. The summed E-state index contributed by atoms with van der Waals surface area (Å²) >= 11 is 3.69. The van der Waals surface area contributed by atoms with Gasteiger partial charge in [0.2, 0.25) is 0 Å². The summed E-state index contributed by atoms with van der Waals surface area (Å²) in [6.07, 6.45) is -16.7. The molecule has 382 valence electrons. The van der Waals surface area contributed by atoms with E-state index in [0.717, 1.165) is 13.2 Å². The van der Waals surface area contributed by atoms with Crippen LogP contribution >= 0.6 is 11.6 Å². The number of epoxide rings is 1. The van der Waals surface area contributed by atoms with Crippen LogP contribution in [0, 0.1) is 0 Å². The normalized spacial score (nSPS) is 13.3. The van der Waals surface area contributed by atoms with E-state index in [9.17, 15) is 134 Å². The number of hydrogen-bond acceptors (Lipinski definition) is 12. The number of halogens is 28. The Kier molecular flexibility index (Phi) is 46.9. The average Bonchev–Trinajstić information content (AvgIpc) is 3.88. The minimum Gasteiger partial charge on any atom is -0.793 e. The molecule has 1 atom stereocenters. The van der Waals surface area contributed by atoms with Gasteiger partial charge < -0.3 is 14.6 Å². The summed E-state index contributed by atoms with van der Waals surface area (Å²) in [5.74, 6) is -6.19. The van der Waals surface area contributed by atoms with E-state index in [4.69, 9.17) is 19.0 Å². The van der Waals surface area contributed by atoms with E-state index >= 15 is 0 Å². The molecule has 0 aromatic heterocycles. The second kappa shape index (κ2) is 34.8. The van der Waals surface area contributed by atoms with Crippen LogP contribution in [0.15, 0.2) is 25.3 Å². The molecule has 63 heavy (non-hydrogen) atoms. The number of rotatable bonds is 13. The van der Waals surface area contributed by atoms with Gasteiger partial charge in [0.05, 0.1) is 19.8 Å². The van der Waals surface area contributed by atoms with Gasteiger partial charge in [0, 0.05) is 9.15 Å². The maximum Gasteiger partial charge on any atom is 1.00 e. The van der Waals surface area contributed by atoms with Crippen molar-refractivity contribution in [1.29, 1.82) is 0 Å². The molecule has 1 saturated heterocycles. The molecule has 1 rings (SSSR count). The average molecular weight is 1120 g/mol. The first-order valence-corrected chi connectivity index (χ1v) is 16.2. The Morgan fingerprint density at radius 2 is 0.921 bits per heavy atom. The molecule has 0 aromatic carbocycles. The first kappa shape index (κ1) is 84.9. The molecule has 0 N–H and O–H groups in total. The van der Waals surface area contributed by atoms with Crippen LogP contribution in [0.3, 0.4) is 0 Å². The van der Waals surface area contributed by atoms with E-state index in [1.807, 2.05) is 4.74 Å². The molecular formula is C19H19ClF27KO12S3. The summed E-state index contributed by atoms with van der Waals surface area (Å²) in [5, 5.41) is -15.6. The standard InChI is InChI=1S/C5ClF9O4S.C3H6F2O.C2F5O3S.C2F4O3S.2C2H2F2.C2H4O.CH4.F2.FH.K/c6-3(9,10)2(8,1(7)16)19-4(11,12)5(13,14)20(15,17)18;4-1-2-6-3-5;3-1(4,8)2(5,6)11(7,9)10;3-1(7)2(4,5)10(6,8)9;2*1-2(3)4;1-2-3-1;;1-2;;/h;1-3H2;;;2*1H2;1-2H2;1H4;;1H;/q;;-1;;;;;;;;+1. The van der Waals surface area contributed by atoms with Gasteiger partial charge in [-0.1, -0.05) is 19.1 Å². The predicted molar refractivity (Wildman–Crippen MR) is 146 cm³/mol. The zero-order chi connectivity index (χ0) is 51.0. The van der Waals surface area contributed by atoms with Crippen molar-refractivity contribution in [3.05, 3.63) is 25.3 Å². The molecule has 0 aromatic rings. The van der Waals surface area contributed by atoms with Crippen molar-refractivity contribution in [2.24, 2.45) is 0 Å². The zero-order valence-corrected chi connectivity index (χ0v) is 34.5. The fourth-order valence-corrected chi connectivity index (χ4v) is 1.85. The quantitative estimate of drug-likeness (QED) is 0.0599.